The topological polar surface area (TPSA) is 71.3 Å². The van der Waals surface area contributed by atoms with Crippen molar-refractivity contribution in [3.63, 3.8) is 0 Å². The molecular formula is C25H33N5O2. The highest BCUT2D eigenvalue weighted by atomic mass is 16.2. The van der Waals surface area contributed by atoms with Gasteiger partial charge in [0.2, 0.25) is 0 Å². The monoisotopic (exact) mass is 435 g/mol. The quantitative estimate of drug-likeness (QED) is 0.586. The molecule has 170 valence electrons. The zero-order chi connectivity index (χ0) is 22.8. The van der Waals surface area contributed by atoms with Gasteiger partial charge in [0.15, 0.2) is 0 Å². The molecule has 1 fully saturated rings. The lowest BCUT2D eigenvalue weighted by Crippen LogP contribution is -2.31. The highest BCUT2D eigenvalue weighted by molar-refractivity contribution is 6.04. The van der Waals surface area contributed by atoms with Crippen LogP contribution in [0.25, 0.3) is 11.0 Å². The Hall–Kier alpha value is -3.22. The second-order valence-corrected chi connectivity index (χ2v) is 8.56. The van der Waals surface area contributed by atoms with Crippen molar-refractivity contribution >= 4 is 34.1 Å². The van der Waals surface area contributed by atoms with Crippen molar-refractivity contribution < 1.29 is 4.79 Å². The van der Waals surface area contributed by atoms with E-state index >= 15 is 0 Å². The van der Waals surface area contributed by atoms with E-state index in [2.05, 4.69) is 28.5 Å². The van der Waals surface area contributed by atoms with E-state index in [-0.39, 0.29) is 11.7 Å². The van der Waals surface area contributed by atoms with Gasteiger partial charge in [-0.3, -0.25) is 9.13 Å². The minimum absolute atomic E-state index is 0.00803. The van der Waals surface area contributed by atoms with Crippen molar-refractivity contribution in [2.24, 2.45) is 0 Å². The molecule has 0 atom stereocenters. The average molecular weight is 436 g/mol. The fourth-order valence-electron chi connectivity index (χ4n) is 4.56. The maximum absolute atomic E-state index is 12.9. The van der Waals surface area contributed by atoms with E-state index in [0.717, 1.165) is 59.6 Å². The Kier molecular flexibility index (Phi) is 6.26. The normalized spacial score (nSPS) is 14.1. The van der Waals surface area contributed by atoms with Gasteiger partial charge in [-0.25, -0.2) is 9.59 Å². The molecule has 2 amide bonds. The van der Waals surface area contributed by atoms with Crippen molar-refractivity contribution in [3.8, 4) is 0 Å². The minimum atomic E-state index is -0.286. The van der Waals surface area contributed by atoms with Gasteiger partial charge in [0, 0.05) is 31.9 Å². The second kappa shape index (κ2) is 9.10. The number of aryl methyl sites for hydroxylation is 4. The van der Waals surface area contributed by atoms with Gasteiger partial charge in [-0.05, 0) is 82.3 Å². The molecule has 0 radical (unpaired) electrons. The van der Waals surface area contributed by atoms with Crippen LogP contribution < -0.4 is 21.2 Å². The zero-order valence-electron chi connectivity index (χ0n) is 19.5. The number of benzene rings is 2. The van der Waals surface area contributed by atoms with Crippen LogP contribution in [0.4, 0.5) is 21.9 Å². The van der Waals surface area contributed by atoms with Gasteiger partial charge in [-0.15, -0.1) is 0 Å². The van der Waals surface area contributed by atoms with Gasteiger partial charge >= 0.3 is 11.7 Å². The maximum Gasteiger partial charge on any atom is 0.329 e. The Bertz CT molecular complexity index is 1200. The third-order valence-electron chi connectivity index (χ3n) is 6.48. The number of imidazole rings is 1. The van der Waals surface area contributed by atoms with E-state index in [0.29, 0.717) is 13.1 Å². The Labute approximate surface area is 189 Å². The minimum Gasteiger partial charge on any atom is -0.370 e. The number of piperidine rings is 1. The first-order valence-corrected chi connectivity index (χ1v) is 11.6. The summed E-state index contributed by atoms with van der Waals surface area (Å²) in [5.41, 5.74) is 6.54. The summed E-state index contributed by atoms with van der Waals surface area (Å²) in [6.45, 7) is 11.1. The van der Waals surface area contributed by atoms with Gasteiger partial charge in [0.1, 0.15) is 0 Å². The molecule has 7 nitrogen and oxygen atoms in total. The Morgan fingerprint density at radius 2 is 1.53 bits per heavy atom. The molecular weight excluding hydrogens is 402 g/mol. The number of hydrogen-bond donors (Lipinski definition) is 2. The summed E-state index contributed by atoms with van der Waals surface area (Å²) in [6.07, 6.45) is 3.48. The highest BCUT2D eigenvalue weighted by Gasteiger charge is 2.21. The van der Waals surface area contributed by atoms with E-state index in [9.17, 15) is 9.59 Å². The second-order valence-electron chi connectivity index (χ2n) is 8.56. The first-order valence-electron chi connectivity index (χ1n) is 11.6. The number of hydrogen-bond acceptors (Lipinski definition) is 3. The van der Waals surface area contributed by atoms with E-state index in [1.807, 2.05) is 49.6 Å². The van der Waals surface area contributed by atoms with E-state index in [1.54, 1.807) is 4.57 Å². The van der Waals surface area contributed by atoms with Gasteiger partial charge < -0.3 is 15.5 Å². The van der Waals surface area contributed by atoms with E-state index in [4.69, 9.17) is 0 Å². The Balaban J connectivity index is 1.74. The zero-order valence-corrected chi connectivity index (χ0v) is 19.5. The van der Waals surface area contributed by atoms with Crippen LogP contribution in [0.15, 0.2) is 35.1 Å². The van der Waals surface area contributed by atoms with Crippen LogP contribution in [0.3, 0.4) is 0 Å². The first kappa shape index (κ1) is 22.0. The Morgan fingerprint density at radius 3 is 2.16 bits per heavy atom. The van der Waals surface area contributed by atoms with Crippen LogP contribution in [-0.2, 0) is 13.1 Å². The number of amides is 2. The highest BCUT2D eigenvalue weighted by Crippen LogP contribution is 2.33. The molecule has 32 heavy (non-hydrogen) atoms. The smallest absolute Gasteiger partial charge is 0.329 e. The molecule has 1 aromatic heterocycles. The molecule has 2 heterocycles. The molecule has 2 aromatic carbocycles. The summed E-state index contributed by atoms with van der Waals surface area (Å²) in [6, 6.07) is 9.63. The number of nitrogens with one attached hydrogen (secondary N) is 2. The molecule has 7 heteroatoms. The van der Waals surface area contributed by atoms with Crippen molar-refractivity contribution in [3.05, 3.63) is 51.9 Å². The lowest BCUT2D eigenvalue weighted by molar-refractivity contribution is 0.262. The van der Waals surface area contributed by atoms with Crippen LogP contribution in [-0.4, -0.2) is 28.3 Å². The third kappa shape index (κ3) is 4.11. The van der Waals surface area contributed by atoms with Gasteiger partial charge in [0.05, 0.1) is 22.4 Å². The standard InChI is InChI=1S/C25H33N5O2/c1-5-29-22-15-20(27-24(31)26-19-11-10-17(3)18(4)14-19)21(28-12-8-7-9-13-28)16-23(22)30(6-2)25(29)32/h10-11,14-16H,5-9,12-13H2,1-4H3,(H2,26,27,31). The molecule has 1 aliphatic heterocycles. The number of urea groups is 1. The molecule has 2 N–H and O–H groups in total. The number of fused-ring (bicyclic) bond motifs is 1. The van der Waals surface area contributed by atoms with Crippen LogP contribution >= 0.6 is 0 Å². The number of carbonyl (C=O) groups excluding carboxylic acids is 1. The summed E-state index contributed by atoms with van der Waals surface area (Å²) >= 11 is 0. The summed E-state index contributed by atoms with van der Waals surface area (Å²) in [5.74, 6) is 0. The number of aromatic nitrogens is 2. The summed E-state index contributed by atoms with van der Waals surface area (Å²) < 4.78 is 3.58. The summed E-state index contributed by atoms with van der Waals surface area (Å²) in [7, 11) is 0. The van der Waals surface area contributed by atoms with E-state index in [1.165, 1.54) is 12.0 Å². The van der Waals surface area contributed by atoms with Crippen LogP contribution in [0.2, 0.25) is 0 Å². The van der Waals surface area contributed by atoms with Crippen molar-refractivity contribution in [1.82, 2.24) is 9.13 Å². The molecule has 4 rings (SSSR count). The van der Waals surface area contributed by atoms with Crippen molar-refractivity contribution in [2.75, 3.05) is 28.6 Å². The molecule has 1 aliphatic rings. The Morgan fingerprint density at radius 1 is 0.875 bits per heavy atom. The largest absolute Gasteiger partial charge is 0.370 e. The molecule has 0 bridgehead atoms. The first-order chi connectivity index (χ1) is 15.4. The van der Waals surface area contributed by atoms with Crippen LogP contribution in [0.5, 0.6) is 0 Å². The third-order valence-corrected chi connectivity index (χ3v) is 6.48. The molecule has 1 saturated heterocycles. The predicted octanol–water partition coefficient (Wildman–Crippen LogP) is 5.09. The SMILES string of the molecule is CCn1c(=O)n(CC)c2cc(N3CCCCC3)c(NC(=O)Nc3ccc(C)c(C)c3)cc21. The van der Waals surface area contributed by atoms with Gasteiger partial charge in [-0.2, -0.15) is 0 Å². The predicted molar refractivity (Wildman–Crippen MR) is 132 cm³/mol. The molecule has 0 unspecified atom stereocenters. The summed E-state index contributed by atoms with van der Waals surface area (Å²) in [5, 5.41) is 6.01. The molecule has 0 spiro atoms. The lowest BCUT2D eigenvalue weighted by atomic mass is 10.1. The van der Waals surface area contributed by atoms with Crippen molar-refractivity contribution in [2.45, 2.75) is 60.0 Å². The number of nitrogens with zero attached hydrogens (tertiary/aromatic N) is 3. The lowest BCUT2D eigenvalue weighted by Gasteiger charge is -2.31. The van der Waals surface area contributed by atoms with Crippen LogP contribution in [0.1, 0.15) is 44.2 Å². The maximum atomic E-state index is 12.9. The molecule has 0 aliphatic carbocycles. The van der Waals surface area contributed by atoms with Crippen LogP contribution in [0, 0.1) is 13.8 Å². The average Bonchev–Trinajstić information content (AvgIpc) is 3.05. The number of carbonyl (C=O) groups is 1. The van der Waals surface area contributed by atoms with Gasteiger partial charge in [0.25, 0.3) is 0 Å². The molecule has 0 saturated carbocycles. The fourth-order valence-corrected chi connectivity index (χ4v) is 4.56. The number of rotatable bonds is 5. The van der Waals surface area contributed by atoms with Crippen molar-refractivity contribution in [1.29, 1.82) is 0 Å². The number of anilines is 3. The fraction of sp³-hybridized carbons (Fsp3) is 0.440. The van der Waals surface area contributed by atoms with Gasteiger partial charge in [-0.1, -0.05) is 6.07 Å². The molecule has 3 aromatic rings. The van der Waals surface area contributed by atoms with E-state index < -0.39 is 0 Å². The summed E-state index contributed by atoms with van der Waals surface area (Å²) in [4.78, 5) is 28.1.